The number of hydrogen-bond donors (Lipinski definition) is 1. The molecule has 2 aliphatic rings. The number of amides is 1. The summed E-state index contributed by atoms with van der Waals surface area (Å²) in [5, 5.41) is 8.24. The fourth-order valence-electron chi connectivity index (χ4n) is 4.52. The largest absolute Gasteiger partial charge is 0.495 e. The van der Waals surface area contributed by atoms with Gasteiger partial charge in [0.1, 0.15) is 5.75 Å². The van der Waals surface area contributed by atoms with E-state index in [0.29, 0.717) is 6.04 Å². The van der Waals surface area contributed by atoms with E-state index >= 15 is 0 Å². The predicted octanol–water partition coefficient (Wildman–Crippen LogP) is 3.07. The summed E-state index contributed by atoms with van der Waals surface area (Å²) in [5.74, 6) is 0.945. The van der Waals surface area contributed by atoms with E-state index in [4.69, 9.17) is 4.74 Å². The molecule has 140 valence electrons. The number of aromatic amines is 1. The topological polar surface area (TPSA) is 63.1 Å². The average molecular weight is 364 g/mol. The summed E-state index contributed by atoms with van der Waals surface area (Å²) in [5.41, 5.74) is 4.23. The third-order valence-corrected chi connectivity index (χ3v) is 5.97. The number of aromatic nitrogens is 3. The number of carbonyl (C=O) groups excluding carboxylic acids is 1. The van der Waals surface area contributed by atoms with Crippen molar-refractivity contribution in [2.45, 2.75) is 44.2 Å². The van der Waals surface area contributed by atoms with Crippen LogP contribution in [-0.2, 0) is 19.9 Å². The fourth-order valence-corrected chi connectivity index (χ4v) is 4.52. The number of ether oxygens (including phenoxy) is 1. The van der Waals surface area contributed by atoms with Gasteiger partial charge in [0, 0.05) is 36.4 Å². The van der Waals surface area contributed by atoms with Crippen molar-refractivity contribution in [3.8, 4) is 5.75 Å². The van der Waals surface area contributed by atoms with Gasteiger partial charge in [0.2, 0.25) is 0 Å². The number of nitrogens with one attached hydrogen (secondary N) is 1. The second-order valence-corrected chi connectivity index (χ2v) is 7.72. The van der Waals surface area contributed by atoms with Crippen molar-refractivity contribution in [2.24, 2.45) is 7.05 Å². The van der Waals surface area contributed by atoms with Crippen LogP contribution in [0.3, 0.4) is 0 Å². The Morgan fingerprint density at radius 3 is 2.93 bits per heavy atom. The van der Waals surface area contributed by atoms with E-state index in [0.717, 1.165) is 54.3 Å². The van der Waals surface area contributed by atoms with E-state index < -0.39 is 0 Å². The van der Waals surface area contributed by atoms with Gasteiger partial charge in [-0.2, -0.15) is 5.10 Å². The summed E-state index contributed by atoms with van der Waals surface area (Å²) in [6, 6.07) is 6.53. The Kier molecular flexibility index (Phi) is 3.74. The number of para-hydroxylation sites is 1. The molecule has 5 rings (SSSR count). The van der Waals surface area contributed by atoms with Crippen LogP contribution in [0.5, 0.6) is 5.75 Å². The van der Waals surface area contributed by atoms with Gasteiger partial charge in [0.15, 0.2) is 0 Å². The van der Waals surface area contributed by atoms with Crippen molar-refractivity contribution in [1.82, 2.24) is 19.7 Å². The van der Waals surface area contributed by atoms with Crippen LogP contribution in [0.25, 0.3) is 10.9 Å². The van der Waals surface area contributed by atoms with Gasteiger partial charge in [-0.25, -0.2) is 0 Å². The molecule has 1 saturated carbocycles. The summed E-state index contributed by atoms with van der Waals surface area (Å²) in [4.78, 5) is 15.8. The minimum Gasteiger partial charge on any atom is -0.495 e. The molecular formula is C21H24N4O2. The average Bonchev–Trinajstić information content (AvgIpc) is 3.29. The van der Waals surface area contributed by atoms with Crippen molar-refractivity contribution in [3.63, 3.8) is 0 Å². The van der Waals surface area contributed by atoms with Gasteiger partial charge in [-0.05, 0) is 43.7 Å². The molecule has 1 unspecified atom stereocenters. The molecule has 6 nitrogen and oxygen atoms in total. The van der Waals surface area contributed by atoms with Crippen LogP contribution >= 0.6 is 0 Å². The van der Waals surface area contributed by atoms with Gasteiger partial charge >= 0.3 is 0 Å². The lowest BCUT2D eigenvalue weighted by molar-refractivity contribution is 0.0644. The maximum atomic E-state index is 13.7. The van der Waals surface area contributed by atoms with Crippen molar-refractivity contribution < 1.29 is 9.53 Å². The number of methoxy groups -OCH3 is 1. The highest BCUT2D eigenvalue weighted by atomic mass is 16.5. The molecule has 0 saturated heterocycles. The highest BCUT2D eigenvalue weighted by Crippen LogP contribution is 2.37. The molecule has 1 aromatic carbocycles. The molecule has 1 fully saturated rings. The lowest BCUT2D eigenvalue weighted by Crippen LogP contribution is -2.44. The molecule has 0 radical (unpaired) electrons. The molecular weight excluding hydrogens is 340 g/mol. The lowest BCUT2D eigenvalue weighted by Gasteiger charge is -2.34. The summed E-state index contributed by atoms with van der Waals surface area (Å²) in [6.45, 7) is 0. The van der Waals surface area contributed by atoms with E-state index in [9.17, 15) is 4.79 Å². The molecule has 0 aliphatic heterocycles. The van der Waals surface area contributed by atoms with Crippen LogP contribution in [0.1, 0.15) is 40.9 Å². The highest BCUT2D eigenvalue weighted by molar-refractivity contribution is 6.08. The zero-order chi connectivity index (χ0) is 18.5. The Labute approximate surface area is 158 Å². The third-order valence-electron chi connectivity index (χ3n) is 5.97. The Balaban J connectivity index is 1.53. The minimum atomic E-state index is 0.147. The summed E-state index contributed by atoms with van der Waals surface area (Å²) < 4.78 is 7.51. The second kappa shape index (κ2) is 6.15. The number of nitrogens with zero attached hydrogens (tertiary/aromatic N) is 3. The van der Waals surface area contributed by atoms with Crippen LogP contribution in [0.2, 0.25) is 0 Å². The quantitative estimate of drug-likeness (QED) is 0.774. The molecule has 2 aromatic heterocycles. The first kappa shape index (κ1) is 16.4. The first-order chi connectivity index (χ1) is 13.2. The van der Waals surface area contributed by atoms with Crippen LogP contribution in [0.15, 0.2) is 30.6 Å². The Morgan fingerprint density at radius 2 is 2.15 bits per heavy atom. The molecule has 2 aliphatic carbocycles. The molecule has 27 heavy (non-hydrogen) atoms. The predicted molar refractivity (Wildman–Crippen MR) is 103 cm³/mol. The van der Waals surface area contributed by atoms with Crippen LogP contribution in [0.4, 0.5) is 0 Å². The van der Waals surface area contributed by atoms with Gasteiger partial charge < -0.3 is 14.2 Å². The van der Waals surface area contributed by atoms with Crippen molar-refractivity contribution in [3.05, 3.63) is 47.4 Å². The van der Waals surface area contributed by atoms with E-state index in [-0.39, 0.29) is 11.9 Å². The Bertz CT molecular complexity index is 1010. The maximum Gasteiger partial charge on any atom is 0.256 e. The number of benzene rings is 1. The molecule has 3 aromatic rings. The normalized spacial score (nSPS) is 19.1. The molecule has 0 bridgehead atoms. The van der Waals surface area contributed by atoms with Crippen molar-refractivity contribution in [1.29, 1.82) is 0 Å². The first-order valence-electron chi connectivity index (χ1n) is 9.63. The Morgan fingerprint density at radius 1 is 1.30 bits per heavy atom. The smallest absolute Gasteiger partial charge is 0.256 e. The fraction of sp³-hybridized carbons (Fsp3) is 0.429. The maximum absolute atomic E-state index is 13.7. The van der Waals surface area contributed by atoms with Gasteiger partial charge in [-0.15, -0.1) is 0 Å². The van der Waals surface area contributed by atoms with Crippen LogP contribution in [0, 0.1) is 0 Å². The number of fused-ring (bicyclic) bond motifs is 2. The first-order valence-corrected chi connectivity index (χ1v) is 9.63. The molecule has 1 N–H and O–H groups in total. The SMILES string of the molecule is COc1cccc2c(C(=O)N(C3CC3)C3CCc4[nH]ncc4C3)cn(C)c12. The molecule has 1 amide bonds. The van der Waals surface area contributed by atoms with Gasteiger partial charge in [-0.3, -0.25) is 9.89 Å². The second-order valence-electron chi connectivity index (χ2n) is 7.72. The zero-order valence-electron chi connectivity index (χ0n) is 15.7. The van der Waals surface area contributed by atoms with E-state index in [1.165, 1.54) is 11.3 Å². The van der Waals surface area contributed by atoms with Gasteiger partial charge in [-0.1, -0.05) is 12.1 Å². The van der Waals surface area contributed by atoms with E-state index in [1.54, 1.807) is 7.11 Å². The summed E-state index contributed by atoms with van der Waals surface area (Å²) in [6.07, 6.45) is 8.92. The molecule has 2 heterocycles. The van der Waals surface area contributed by atoms with Crippen molar-refractivity contribution >= 4 is 16.8 Å². The van der Waals surface area contributed by atoms with Crippen LogP contribution in [-0.4, -0.2) is 44.8 Å². The Hall–Kier alpha value is -2.76. The van der Waals surface area contributed by atoms with Crippen LogP contribution < -0.4 is 4.74 Å². The monoisotopic (exact) mass is 364 g/mol. The van der Waals surface area contributed by atoms with Gasteiger partial charge in [0.25, 0.3) is 5.91 Å². The highest BCUT2D eigenvalue weighted by Gasteiger charge is 2.40. The summed E-state index contributed by atoms with van der Waals surface area (Å²) in [7, 11) is 3.64. The molecule has 1 atom stereocenters. The third kappa shape index (κ3) is 2.62. The zero-order valence-corrected chi connectivity index (χ0v) is 15.7. The number of rotatable bonds is 4. The standard InChI is InChI=1S/C21H24N4O2/c1-24-12-17(16-4-3-5-19(27-2)20(16)24)21(26)25(14-6-7-14)15-8-9-18-13(10-15)11-22-23-18/h3-5,11-12,14-15H,6-10H2,1-2H3,(H,22,23). The number of hydrogen-bond acceptors (Lipinski definition) is 3. The van der Waals surface area contributed by atoms with Crippen molar-refractivity contribution in [2.75, 3.05) is 7.11 Å². The van der Waals surface area contributed by atoms with Gasteiger partial charge in [0.05, 0.1) is 24.4 Å². The summed E-state index contributed by atoms with van der Waals surface area (Å²) >= 11 is 0. The molecule has 0 spiro atoms. The van der Waals surface area contributed by atoms with E-state index in [1.807, 2.05) is 42.2 Å². The molecule has 6 heteroatoms. The number of aryl methyl sites for hydroxylation is 2. The van der Waals surface area contributed by atoms with E-state index in [2.05, 4.69) is 15.1 Å². The lowest BCUT2D eigenvalue weighted by atomic mass is 9.91. The number of carbonyl (C=O) groups is 1. The number of H-pyrrole nitrogens is 1. The minimum absolute atomic E-state index is 0.147.